The maximum atomic E-state index is 5.33. The van der Waals surface area contributed by atoms with Gasteiger partial charge in [0.05, 0.1) is 12.9 Å². The van der Waals surface area contributed by atoms with Crippen molar-refractivity contribution in [1.82, 2.24) is 0 Å². The molecule has 0 aromatic heterocycles. The molecule has 0 spiro atoms. The number of hydrogen-bond acceptors (Lipinski definition) is 1. The van der Waals surface area contributed by atoms with Crippen molar-refractivity contribution >= 4 is 0 Å². The molecule has 0 heterocycles. The molecule has 5 rings (SSSR count). The van der Waals surface area contributed by atoms with E-state index in [2.05, 4.69) is 6.58 Å². The third-order valence-corrected chi connectivity index (χ3v) is 8.48. The third kappa shape index (κ3) is 1.70. The summed E-state index contributed by atoms with van der Waals surface area (Å²) in [5.74, 6) is 10.3. The Kier molecular flexibility index (Phi) is 2.96. The first-order valence-electron chi connectivity index (χ1n) is 9.61. The van der Waals surface area contributed by atoms with Crippen LogP contribution in [0.3, 0.4) is 0 Å². The van der Waals surface area contributed by atoms with Gasteiger partial charge in [0.2, 0.25) is 0 Å². The van der Waals surface area contributed by atoms with Crippen molar-refractivity contribution in [1.29, 1.82) is 0 Å². The van der Waals surface area contributed by atoms with Crippen molar-refractivity contribution in [3.05, 3.63) is 12.8 Å². The second-order valence-electron chi connectivity index (χ2n) is 8.81. The maximum Gasteiger partial charge on any atom is 0.0873 e. The van der Waals surface area contributed by atoms with Crippen LogP contribution < -0.4 is 0 Å². The zero-order chi connectivity index (χ0) is 14.0. The predicted molar refractivity (Wildman–Crippen MR) is 84.5 cm³/mol. The summed E-state index contributed by atoms with van der Waals surface area (Å²) in [7, 11) is 0. The Balaban J connectivity index is 1.29. The van der Waals surface area contributed by atoms with Gasteiger partial charge in [-0.1, -0.05) is 13.0 Å². The van der Waals surface area contributed by atoms with E-state index in [1.807, 2.05) is 0 Å². The molecule has 0 aliphatic heterocycles. The molecule has 1 heteroatoms. The minimum absolute atomic E-state index is 0.891. The third-order valence-electron chi connectivity index (χ3n) is 8.48. The van der Waals surface area contributed by atoms with Crippen LogP contribution in [0.4, 0.5) is 0 Å². The lowest BCUT2D eigenvalue weighted by atomic mass is 9.61. The highest BCUT2D eigenvalue weighted by Crippen LogP contribution is 2.73. The van der Waals surface area contributed by atoms with Crippen molar-refractivity contribution in [2.75, 3.05) is 6.61 Å². The van der Waals surface area contributed by atoms with Crippen LogP contribution in [0.2, 0.25) is 0 Å². The molecule has 4 bridgehead atoms. The highest BCUT2D eigenvalue weighted by molar-refractivity contribution is 5.15. The van der Waals surface area contributed by atoms with Crippen molar-refractivity contribution in [3.8, 4) is 0 Å². The summed E-state index contributed by atoms with van der Waals surface area (Å²) < 4.78 is 5.33. The van der Waals surface area contributed by atoms with Gasteiger partial charge in [-0.2, -0.15) is 0 Å². The second-order valence-corrected chi connectivity index (χ2v) is 8.81. The van der Waals surface area contributed by atoms with E-state index in [1.165, 1.54) is 42.4 Å². The average molecular weight is 286 g/mol. The molecule has 0 N–H and O–H groups in total. The van der Waals surface area contributed by atoms with Gasteiger partial charge < -0.3 is 4.74 Å². The molecule has 5 aliphatic rings. The number of fused-ring (bicyclic) bond motifs is 12. The highest BCUT2D eigenvalue weighted by Gasteiger charge is 2.67. The molecule has 0 amide bonds. The Morgan fingerprint density at radius 1 is 0.905 bits per heavy atom. The second kappa shape index (κ2) is 4.77. The Morgan fingerprint density at radius 2 is 1.71 bits per heavy atom. The van der Waals surface area contributed by atoms with Crippen LogP contribution in [0.5, 0.6) is 0 Å². The number of hydrogen-bond donors (Lipinski definition) is 0. The van der Waals surface area contributed by atoms with E-state index in [0.717, 1.165) is 30.3 Å². The topological polar surface area (TPSA) is 9.23 Å². The Hall–Kier alpha value is -0.460. The van der Waals surface area contributed by atoms with E-state index in [0.29, 0.717) is 0 Å². The molecule has 21 heavy (non-hydrogen) atoms. The lowest BCUT2D eigenvalue weighted by Gasteiger charge is -2.43. The van der Waals surface area contributed by atoms with Crippen molar-refractivity contribution in [3.63, 3.8) is 0 Å². The summed E-state index contributed by atoms with van der Waals surface area (Å²) in [5.41, 5.74) is 0. The Morgan fingerprint density at radius 3 is 2.52 bits per heavy atom. The zero-order valence-electron chi connectivity index (χ0n) is 13.3. The molecule has 5 aliphatic carbocycles. The molecule has 1 nitrogen and oxygen atoms in total. The van der Waals surface area contributed by atoms with Crippen molar-refractivity contribution in [2.24, 2.45) is 53.3 Å². The quantitative estimate of drug-likeness (QED) is 0.397. The molecule has 116 valence electrons. The van der Waals surface area contributed by atoms with Gasteiger partial charge in [-0.05, 0) is 98.2 Å². The monoisotopic (exact) mass is 286 g/mol. The van der Waals surface area contributed by atoms with Crippen LogP contribution in [0.1, 0.15) is 51.4 Å². The highest BCUT2D eigenvalue weighted by atomic mass is 16.5. The predicted octanol–water partition coefficient (Wildman–Crippen LogP) is 4.88. The van der Waals surface area contributed by atoms with E-state index in [-0.39, 0.29) is 0 Å². The normalized spacial score (nSPS) is 55.7. The first kappa shape index (κ1) is 13.0. The summed E-state index contributed by atoms with van der Waals surface area (Å²) in [5, 5.41) is 0. The summed E-state index contributed by atoms with van der Waals surface area (Å²) >= 11 is 0. The van der Waals surface area contributed by atoms with E-state index < -0.39 is 0 Å². The summed E-state index contributed by atoms with van der Waals surface area (Å²) in [6.45, 7) is 4.54. The van der Waals surface area contributed by atoms with Crippen LogP contribution in [-0.2, 0) is 4.74 Å². The van der Waals surface area contributed by atoms with Crippen LogP contribution in [-0.4, -0.2) is 6.61 Å². The van der Waals surface area contributed by atoms with Gasteiger partial charge >= 0.3 is 0 Å². The largest absolute Gasteiger partial charge is 0.502 e. The molecule has 0 saturated heterocycles. The Labute approximate surface area is 129 Å². The summed E-state index contributed by atoms with van der Waals surface area (Å²) in [6.07, 6.45) is 13.8. The zero-order valence-corrected chi connectivity index (χ0v) is 13.3. The van der Waals surface area contributed by atoms with E-state index >= 15 is 0 Å². The van der Waals surface area contributed by atoms with Crippen LogP contribution in [0.15, 0.2) is 12.8 Å². The Bertz CT molecular complexity index is 430. The van der Waals surface area contributed by atoms with E-state index in [4.69, 9.17) is 4.74 Å². The van der Waals surface area contributed by atoms with Gasteiger partial charge in [0.25, 0.3) is 0 Å². The fourth-order valence-corrected chi connectivity index (χ4v) is 8.30. The van der Waals surface area contributed by atoms with Gasteiger partial charge in [0, 0.05) is 0 Å². The van der Waals surface area contributed by atoms with Gasteiger partial charge in [-0.25, -0.2) is 0 Å². The molecule has 9 atom stereocenters. The molecule has 0 aromatic rings. The first-order chi connectivity index (χ1) is 10.4. The van der Waals surface area contributed by atoms with Gasteiger partial charge in [-0.15, -0.1) is 0 Å². The number of ether oxygens (including phenoxy) is 1. The molecular formula is C20H30O. The lowest BCUT2D eigenvalue weighted by Crippen LogP contribution is -2.38. The van der Waals surface area contributed by atoms with Crippen LogP contribution in [0, 0.1) is 53.3 Å². The van der Waals surface area contributed by atoms with E-state index in [1.54, 1.807) is 44.8 Å². The minimum atomic E-state index is 0.891. The van der Waals surface area contributed by atoms with Crippen LogP contribution in [0.25, 0.3) is 0 Å². The fraction of sp³-hybridized carbons (Fsp3) is 0.900. The lowest BCUT2D eigenvalue weighted by molar-refractivity contribution is 0.0424. The molecular weight excluding hydrogens is 256 g/mol. The smallest absolute Gasteiger partial charge is 0.0873 e. The summed E-state index contributed by atoms with van der Waals surface area (Å²) in [6, 6.07) is 0. The maximum absolute atomic E-state index is 5.33. The van der Waals surface area contributed by atoms with Gasteiger partial charge in [-0.3, -0.25) is 0 Å². The standard InChI is InChI=1S/C20H30O/c1-2-21-8-4-5-12-9-13-10-16(12)20-18-11-17(19(13)20)14-6-3-7-15(14)18/h2,12-20H,1,3-11H2. The molecule has 5 fully saturated rings. The SMILES string of the molecule is C=COCCCC1CC2CC1C1C3CC(C4CCCC43)C21. The molecule has 0 aromatic carbocycles. The van der Waals surface area contributed by atoms with Crippen LogP contribution >= 0.6 is 0 Å². The first-order valence-corrected chi connectivity index (χ1v) is 9.61. The minimum Gasteiger partial charge on any atom is -0.502 e. The van der Waals surface area contributed by atoms with Gasteiger partial charge in [0.1, 0.15) is 0 Å². The molecule has 9 unspecified atom stereocenters. The average Bonchev–Trinajstić information content (AvgIpc) is 3.25. The van der Waals surface area contributed by atoms with Gasteiger partial charge in [0.15, 0.2) is 0 Å². The van der Waals surface area contributed by atoms with Crippen molar-refractivity contribution < 1.29 is 4.74 Å². The summed E-state index contributed by atoms with van der Waals surface area (Å²) in [4.78, 5) is 0. The van der Waals surface area contributed by atoms with Crippen molar-refractivity contribution in [2.45, 2.75) is 51.4 Å². The number of rotatable bonds is 5. The molecule has 5 saturated carbocycles. The fourth-order valence-electron chi connectivity index (χ4n) is 8.30. The van der Waals surface area contributed by atoms with E-state index in [9.17, 15) is 0 Å². The molecule has 0 radical (unpaired) electrons.